The number of hydrogen-bond acceptors (Lipinski definition) is 4. The number of rotatable bonds is 6. The maximum Gasteiger partial charge on any atom is 0.0829 e. The Labute approximate surface area is 122 Å². The molecule has 0 saturated carbocycles. The molecular formula is C14H27ClN2O2. The lowest BCUT2D eigenvalue weighted by molar-refractivity contribution is -0.0528. The molecule has 2 saturated heterocycles. The molecule has 0 bridgehead atoms. The van der Waals surface area contributed by atoms with Crippen LogP contribution in [0.15, 0.2) is 0 Å². The molecule has 1 unspecified atom stereocenters. The lowest BCUT2D eigenvalue weighted by atomic mass is 10.1. The summed E-state index contributed by atoms with van der Waals surface area (Å²) in [5.41, 5.74) is 0. The van der Waals surface area contributed by atoms with E-state index < -0.39 is 0 Å². The van der Waals surface area contributed by atoms with Gasteiger partial charge in [0.15, 0.2) is 0 Å². The molecule has 0 aromatic carbocycles. The van der Waals surface area contributed by atoms with E-state index >= 15 is 0 Å². The van der Waals surface area contributed by atoms with E-state index in [9.17, 15) is 0 Å². The van der Waals surface area contributed by atoms with Crippen LogP contribution >= 0.6 is 11.6 Å². The van der Waals surface area contributed by atoms with Crippen LogP contribution in [0.2, 0.25) is 0 Å². The fraction of sp³-hybridized carbons (Fsp3) is 1.00. The van der Waals surface area contributed by atoms with Crippen LogP contribution in [0.4, 0.5) is 0 Å². The maximum atomic E-state index is 5.87. The molecule has 19 heavy (non-hydrogen) atoms. The van der Waals surface area contributed by atoms with E-state index in [0.29, 0.717) is 24.7 Å². The van der Waals surface area contributed by atoms with Crippen LogP contribution in [-0.2, 0) is 9.47 Å². The number of halogens is 1. The van der Waals surface area contributed by atoms with Crippen LogP contribution in [0, 0.1) is 0 Å². The Morgan fingerprint density at radius 1 is 1.21 bits per heavy atom. The summed E-state index contributed by atoms with van der Waals surface area (Å²) in [6.07, 6.45) is 3.05. The van der Waals surface area contributed by atoms with Crippen molar-refractivity contribution >= 4 is 11.6 Å². The number of likely N-dealkylation sites (tertiary alicyclic amines) is 1. The second-order valence-corrected chi connectivity index (χ2v) is 5.82. The zero-order valence-corrected chi connectivity index (χ0v) is 12.8. The monoisotopic (exact) mass is 290 g/mol. The second kappa shape index (κ2) is 8.42. The molecule has 4 nitrogen and oxygen atoms in total. The number of hydrogen-bond donors (Lipinski definition) is 0. The van der Waals surface area contributed by atoms with Crippen molar-refractivity contribution in [3.8, 4) is 0 Å². The van der Waals surface area contributed by atoms with Gasteiger partial charge in [-0.2, -0.15) is 0 Å². The molecule has 2 aliphatic rings. The van der Waals surface area contributed by atoms with Crippen molar-refractivity contribution in [2.75, 3.05) is 58.4 Å². The summed E-state index contributed by atoms with van der Waals surface area (Å²) in [6.45, 7) is 10.4. The Morgan fingerprint density at radius 3 is 2.68 bits per heavy atom. The summed E-state index contributed by atoms with van der Waals surface area (Å²) in [7, 11) is 0. The van der Waals surface area contributed by atoms with Crippen molar-refractivity contribution in [3.63, 3.8) is 0 Å². The van der Waals surface area contributed by atoms with Gasteiger partial charge < -0.3 is 14.4 Å². The molecule has 2 heterocycles. The summed E-state index contributed by atoms with van der Waals surface area (Å²) >= 11 is 5.65. The van der Waals surface area contributed by atoms with Crippen molar-refractivity contribution in [3.05, 3.63) is 0 Å². The Bertz CT molecular complexity index is 248. The van der Waals surface area contributed by atoms with Gasteiger partial charge in [0.2, 0.25) is 0 Å². The molecule has 5 heteroatoms. The quantitative estimate of drug-likeness (QED) is 0.691. The first kappa shape index (κ1) is 15.5. The van der Waals surface area contributed by atoms with Crippen LogP contribution in [0.1, 0.15) is 19.8 Å². The molecule has 2 rings (SSSR count). The first-order chi connectivity index (χ1) is 9.31. The lowest BCUT2D eigenvalue weighted by Gasteiger charge is -2.37. The lowest BCUT2D eigenvalue weighted by Crippen LogP contribution is -2.49. The van der Waals surface area contributed by atoms with E-state index in [1.165, 1.54) is 0 Å². The van der Waals surface area contributed by atoms with Gasteiger partial charge in [0.25, 0.3) is 0 Å². The van der Waals surface area contributed by atoms with Gasteiger partial charge in [-0.15, -0.1) is 11.6 Å². The van der Waals surface area contributed by atoms with E-state index in [0.717, 1.165) is 58.7 Å². The maximum absolute atomic E-state index is 5.87. The number of likely N-dealkylation sites (N-methyl/N-ethyl adjacent to an activating group) is 1. The van der Waals surface area contributed by atoms with Crippen molar-refractivity contribution in [2.45, 2.75) is 32.0 Å². The summed E-state index contributed by atoms with van der Waals surface area (Å²) < 4.78 is 11.6. The van der Waals surface area contributed by atoms with Gasteiger partial charge in [0.05, 0.1) is 25.4 Å². The van der Waals surface area contributed by atoms with Crippen LogP contribution in [0.3, 0.4) is 0 Å². The average Bonchev–Trinajstić information content (AvgIpc) is 2.47. The van der Waals surface area contributed by atoms with Gasteiger partial charge in [-0.05, 0) is 19.4 Å². The molecule has 112 valence electrons. The third-order valence-electron chi connectivity index (χ3n) is 4.10. The highest BCUT2D eigenvalue weighted by Crippen LogP contribution is 2.15. The number of nitrogens with zero attached hydrogens (tertiary/aromatic N) is 2. The molecule has 0 radical (unpaired) electrons. The number of ether oxygens (including phenoxy) is 2. The second-order valence-electron chi connectivity index (χ2n) is 5.45. The van der Waals surface area contributed by atoms with Gasteiger partial charge in [0, 0.05) is 38.6 Å². The highest BCUT2D eigenvalue weighted by atomic mass is 35.5. The van der Waals surface area contributed by atoms with Crippen LogP contribution in [-0.4, -0.2) is 80.4 Å². The standard InChI is InChI=1S/C14H27ClN2O2/c1-2-16-8-10-19-14(11-16)12-17-6-3-13(4-7-17)18-9-5-15/h13-14H,2-12H2,1H3. The first-order valence-electron chi connectivity index (χ1n) is 7.55. The van der Waals surface area contributed by atoms with Crippen LogP contribution in [0.5, 0.6) is 0 Å². The summed E-state index contributed by atoms with van der Waals surface area (Å²) in [6, 6.07) is 0. The number of piperidine rings is 1. The van der Waals surface area contributed by atoms with E-state index in [2.05, 4.69) is 16.7 Å². The highest BCUT2D eigenvalue weighted by Gasteiger charge is 2.25. The zero-order valence-electron chi connectivity index (χ0n) is 12.0. The smallest absolute Gasteiger partial charge is 0.0829 e. The van der Waals surface area contributed by atoms with Gasteiger partial charge in [0.1, 0.15) is 0 Å². The fourth-order valence-electron chi connectivity index (χ4n) is 2.94. The predicted molar refractivity (Wildman–Crippen MR) is 78.0 cm³/mol. The molecule has 0 amide bonds. The molecule has 0 aromatic rings. The van der Waals surface area contributed by atoms with Gasteiger partial charge in [-0.1, -0.05) is 6.92 Å². The molecule has 2 fully saturated rings. The molecule has 0 spiro atoms. The normalized spacial score (nSPS) is 27.8. The summed E-state index contributed by atoms with van der Waals surface area (Å²) in [4.78, 5) is 4.99. The Morgan fingerprint density at radius 2 is 2.00 bits per heavy atom. The van der Waals surface area contributed by atoms with Crippen LogP contribution < -0.4 is 0 Å². The van der Waals surface area contributed by atoms with Gasteiger partial charge in [-0.3, -0.25) is 4.90 Å². The molecule has 2 aliphatic heterocycles. The van der Waals surface area contributed by atoms with E-state index in [-0.39, 0.29) is 0 Å². The van der Waals surface area contributed by atoms with E-state index in [4.69, 9.17) is 21.1 Å². The molecule has 1 atom stereocenters. The molecule has 0 N–H and O–H groups in total. The Balaban J connectivity index is 1.64. The van der Waals surface area contributed by atoms with Crippen molar-refractivity contribution in [1.29, 1.82) is 0 Å². The van der Waals surface area contributed by atoms with Crippen molar-refractivity contribution in [2.24, 2.45) is 0 Å². The summed E-state index contributed by atoms with van der Waals surface area (Å²) in [5.74, 6) is 0.600. The molecule has 0 aliphatic carbocycles. The minimum Gasteiger partial charge on any atom is -0.377 e. The highest BCUT2D eigenvalue weighted by molar-refractivity contribution is 6.17. The fourth-order valence-corrected chi connectivity index (χ4v) is 3.02. The average molecular weight is 291 g/mol. The number of alkyl halides is 1. The summed E-state index contributed by atoms with van der Waals surface area (Å²) in [5, 5.41) is 0. The Kier molecular flexibility index (Phi) is 6.88. The van der Waals surface area contributed by atoms with Gasteiger partial charge >= 0.3 is 0 Å². The van der Waals surface area contributed by atoms with Crippen LogP contribution in [0.25, 0.3) is 0 Å². The minimum atomic E-state index is 0.383. The molecular weight excluding hydrogens is 264 g/mol. The predicted octanol–water partition coefficient (Wildman–Crippen LogP) is 1.43. The zero-order chi connectivity index (χ0) is 13.5. The molecule has 0 aromatic heterocycles. The van der Waals surface area contributed by atoms with E-state index in [1.807, 2.05) is 0 Å². The Hall–Kier alpha value is 0.130. The van der Waals surface area contributed by atoms with Crippen molar-refractivity contribution < 1.29 is 9.47 Å². The number of morpholine rings is 1. The van der Waals surface area contributed by atoms with Crippen molar-refractivity contribution in [1.82, 2.24) is 9.80 Å². The van der Waals surface area contributed by atoms with Gasteiger partial charge in [-0.25, -0.2) is 0 Å². The SMILES string of the molecule is CCN1CCOC(CN2CCC(OCCCl)CC2)C1. The third-order valence-corrected chi connectivity index (χ3v) is 4.25. The largest absolute Gasteiger partial charge is 0.377 e. The topological polar surface area (TPSA) is 24.9 Å². The third kappa shape index (κ3) is 5.20. The first-order valence-corrected chi connectivity index (χ1v) is 8.09. The van der Waals surface area contributed by atoms with E-state index in [1.54, 1.807) is 0 Å². The minimum absolute atomic E-state index is 0.383.